The van der Waals surface area contributed by atoms with Gasteiger partial charge in [-0.05, 0) is 40.5 Å². The lowest BCUT2D eigenvalue weighted by Gasteiger charge is -2.32. The molecule has 3 rings (SSSR count). The normalized spacial score (nSPS) is 24.8. The molecule has 4 nitrogen and oxygen atoms in total. The first kappa shape index (κ1) is 13.4. The summed E-state index contributed by atoms with van der Waals surface area (Å²) in [5.74, 6) is 1.28. The highest BCUT2D eigenvalue weighted by molar-refractivity contribution is 7.22. The van der Waals surface area contributed by atoms with E-state index >= 15 is 0 Å². The van der Waals surface area contributed by atoms with Gasteiger partial charge in [0, 0.05) is 5.92 Å². The molecule has 1 aromatic rings. The molecule has 104 valence electrons. The van der Waals surface area contributed by atoms with Gasteiger partial charge in [0.25, 0.3) is 0 Å². The van der Waals surface area contributed by atoms with E-state index in [1.165, 1.54) is 12.8 Å². The third-order valence-corrected chi connectivity index (χ3v) is 5.45. The maximum absolute atomic E-state index is 6.07. The molecule has 1 aliphatic heterocycles. The molecule has 2 fully saturated rings. The molecular formula is C13H20BNO3S. The second-order valence-electron chi connectivity index (χ2n) is 6.29. The molecular weight excluding hydrogens is 261 g/mol. The molecule has 0 amide bonds. The minimum atomic E-state index is -0.370. The predicted molar refractivity (Wildman–Crippen MR) is 76.4 cm³/mol. The van der Waals surface area contributed by atoms with E-state index in [9.17, 15) is 0 Å². The van der Waals surface area contributed by atoms with Gasteiger partial charge in [0.1, 0.15) is 0 Å². The minimum absolute atomic E-state index is 0.327. The molecule has 0 unspecified atom stereocenters. The van der Waals surface area contributed by atoms with E-state index in [1.807, 2.05) is 0 Å². The van der Waals surface area contributed by atoms with E-state index in [-0.39, 0.29) is 18.3 Å². The van der Waals surface area contributed by atoms with Gasteiger partial charge in [-0.3, -0.25) is 0 Å². The molecule has 1 aromatic heterocycles. The van der Waals surface area contributed by atoms with Gasteiger partial charge in [-0.25, -0.2) is 4.98 Å². The van der Waals surface area contributed by atoms with E-state index < -0.39 is 0 Å². The summed E-state index contributed by atoms with van der Waals surface area (Å²) >= 11 is 1.67. The van der Waals surface area contributed by atoms with Crippen molar-refractivity contribution in [3.8, 4) is 5.88 Å². The first-order valence-electron chi connectivity index (χ1n) is 6.74. The van der Waals surface area contributed by atoms with E-state index in [2.05, 4.69) is 32.7 Å². The highest BCUT2D eigenvalue weighted by Crippen LogP contribution is 2.43. The third kappa shape index (κ3) is 2.20. The molecule has 0 N–H and O–H groups in total. The largest absolute Gasteiger partial charge is 0.511 e. The van der Waals surface area contributed by atoms with Crippen molar-refractivity contribution in [2.45, 2.75) is 57.7 Å². The second-order valence-corrected chi connectivity index (χ2v) is 7.35. The van der Waals surface area contributed by atoms with Gasteiger partial charge in [-0.1, -0.05) is 0 Å². The Morgan fingerprint density at radius 3 is 2.26 bits per heavy atom. The van der Waals surface area contributed by atoms with Gasteiger partial charge in [-0.2, -0.15) is 0 Å². The Balaban J connectivity index is 1.90. The van der Waals surface area contributed by atoms with Crippen molar-refractivity contribution in [2.24, 2.45) is 0 Å². The van der Waals surface area contributed by atoms with Crippen LogP contribution in [0.1, 0.15) is 51.5 Å². The van der Waals surface area contributed by atoms with Crippen LogP contribution >= 0.6 is 11.3 Å². The van der Waals surface area contributed by atoms with Crippen molar-refractivity contribution in [1.29, 1.82) is 0 Å². The van der Waals surface area contributed by atoms with Gasteiger partial charge in [0.15, 0.2) is 0 Å². The number of ether oxygens (including phenoxy) is 1. The van der Waals surface area contributed by atoms with Crippen LogP contribution in [0.5, 0.6) is 5.88 Å². The van der Waals surface area contributed by atoms with Gasteiger partial charge in [-0.15, -0.1) is 11.3 Å². The van der Waals surface area contributed by atoms with Gasteiger partial charge < -0.3 is 14.0 Å². The standard InChI is InChI=1S/C13H20BNO3S/c1-12(2)13(3,4)18-14(17-12)9-10(16-5)15-11(19-9)8-6-7-8/h8H,6-7H2,1-5H3. The maximum atomic E-state index is 6.07. The fourth-order valence-electron chi connectivity index (χ4n) is 2.08. The van der Waals surface area contributed by atoms with Crippen molar-refractivity contribution < 1.29 is 14.0 Å². The molecule has 0 radical (unpaired) electrons. The third-order valence-electron chi connectivity index (χ3n) is 4.22. The molecule has 0 bridgehead atoms. The van der Waals surface area contributed by atoms with Crippen LogP contribution in [0.25, 0.3) is 0 Å². The minimum Gasteiger partial charge on any atom is -0.481 e. The SMILES string of the molecule is COc1nc(C2CC2)sc1B1OC(C)(C)C(C)(C)O1. The first-order chi connectivity index (χ1) is 8.84. The van der Waals surface area contributed by atoms with E-state index in [1.54, 1.807) is 18.4 Å². The molecule has 6 heteroatoms. The zero-order valence-corrected chi connectivity index (χ0v) is 13.0. The Morgan fingerprint density at radius 1 is 1.21 bits per heavy atom. The zero-order valence-electron chi connectivity index (χ0n) is 12.1. The lowest BCUT2D eigenvalue weighted by molar-refractivity contribution is 0.00578. The van der Waals surface area contributed by atoms with Crippen LogP contribution in [-0.4, -0.2) is 30.4 Å². The number of thiazole rings is 1. The average Bonchev–Trinajstić information content (AvgIpc) is 3.02. The summed E-state index contributed by atoms with van der Waals surface area (Å²) in [5.41, 5.74) is -0.654. The topological polar surface area (TPSA) is 40.6 Å². The molecule has 1 saturated carbocycles. The summed E-state index contributed by atoms with van der Waals surface area (Å²) < 4.78 is 18.5. The Hall–Kier alpha value is -0.585. The smallest absolute Gasteiger partial charge is 0.481 e. The Morgan fingerprint density at radius 2 is 1.79 bits per heavy atom. The van der Waals surface area contributed by atoms with E-state index in [0.717, 1.165) is 9.78 Å². The average molecular weight is 281 g/mol. The Kier molecular flexibility index (Phi) is 2.96. The van der Waals surface area contributed by atoms with E-state index in [4.69, 9.17) is 14.0 Å². The van der Waals surface area contributed by atoms with Gasteiger partial charge in [0.05, 0.1) is 28.1 Å². The predicted octanol–water partition coefficient (Wildman–Crippen LogP) is 2.33. The van der Waals surface area contributed by atoms with Crippen LogP contribution in [0.2, 0.25) is 0 Å². The fraction of sp³-hybridized carbons (Fsp3) is 0.769. The molecule has 1 saturated heterocycles. The van der Waals surface area contributed by atoms with Crippen LogP contribution < -0.4 is 9.51 Å². The number of methoxy groups -OCH3 is 1. The van der Waals surface area contributed by atoms with Gasteiger partial charge >= 0.3 is 7.12 Å². The highest BCUT2D eigenvalue weighted by atomic mass is 32.1. The summed E-state index contributed by atoms with van der Waals surface area (Å²) in [7, 11) is 1.28. The first-order valence-corrected chi connectivity index (χ1v) is 7.56. The second kappa shape index (κ2) is 4.20. The lowest BCUT2D eigenvalue weighted by atomic mass is 9.88. The van der Waals surface area contributed by atoms with Crippen molar-refractivity contribution >= 4 is 23.2 Å². The quantitative estimate of drug-likeness (QED) is 0.797. The molecule has 0 aromatic carbocycles. The molecule has 0 atom stereocenters. The van der Waals surface area contributed by atoms with Crippen LogP contribution in [0.3, 0.4) is 0 Å². The number of nitrogens with zero attached hydrogens (tertiary/aromatic N) is 1. The van der Waals surface area contributed by atoms with Crippen LogP contribution in [0, 0.1) is 0 Å². The lowest BCUT2D eigenvalue weighted by Crippen LogP contribution is -2.41. The van der Waals surface area contributed by atoms with Crippen molar-refractivity contribution in [3.63, 3.8) is 0 Å². The maximum Gasteiger partial charge on any atom is 0.511 e. The number of rotatable bonds is 3. The number of hydrogen-bond acceptors (Lipinski definition) is 5. The fourth-order valence-corrected chi connectivity index (χ4v) is 3.25. The monoisotopic (exact) mass is 281 g/mol. The molecule has 0 spiro atoms. The summed E-state index contributed by atoms with van der Waals surface area (Å²) in [6, 6.07) is 0. The number of aromatic nitrogens is 1. The van der Waals surface area contributed by atoms with Crippen molar-refractivity contribution in [3.05, 3.63) is 5.01 Å². The van der Waals surface area contributed by atoms with E-state index in [0.29, 0.717) is 11.8 Å². The van der Waals surface area contributed by atoms with Crippen LogP contribution in [0.15, 0.2) is 0 Å². The van der Waals surface area contributed by atoms with Crippen molar-refractivity contribution in [2.75, 3.05) is 7.11 Å². The Bertz CT molecular complexity index is 480. The summed E-state index contributed by atoms with van der Waals surface area (Å²) in [6.07, 6.45) is 2.47. The number of hydrogen-bond donors (Lipinski definition) is 0. The molecule has 1 aliphatic carbocycles. The summed E-state index contributed by atoms with van der Waals surface area (Å²) in [5, 5.41) is 1.15. The van der Waals surface area contributed by atoms with Crippen LogP contribution in [-0.2, 0) is 9.31 Å². The molecule has 19 heavy (non-hydrogen) atoms. The Labute approximate surface area is 118 Å². The molecule has 2 heterocycles. The summed E-state index contributed by atoms with van der Waals surface area (Å²) in [4.78, 5) is 4.57. The van der Waals surface area contributed by atoms with Crippen molar-refractivity contribution in [1.82, 2.24) is 4.98 Å². The molecule has 2 aliphatic rings. The van der Waals surface area contributed by atoms with Gasteiger partial charge in [0.2, 0.25) is 5.88 Å². The van der Waals surface area contributed by atoms with Crippen LogP contribution in [0.4, 0.5) is 0 Å². The zero-order chi connectivity index (χ0) is 13.8. The highest BCUT2D eigenvalue weighted by Gasteiger charge is 2.53. The summed E-state index contributed by atoms with van der Waals surface area (Å²) in [6.45, 7) is 8.23.